The standard InChI is InChI=1S/C41H50O4P/c1-3-4-5-6-7-8-9-10-20-29-41(43)45-39-31-30-34(33-40(39)44-2)38(42)28-21-32-46(35-22-14-11-15-23-35,36-24-16-12-17-25-36)37-26-18-13-19-27-37/h11-19,22-27,30-31,33H,3-10,20-21,28-29,32H2,1-2H3/q+1. The number of unbranched alkanes of at least 4 members (excludes halogenated alkanes) is 8. The first-order valence-corrected chi connectivity index (χ1v) is 19.0. The van der Waals surface area contributed by atoms with Gasteiger partial charge in [-0.15, -0.1) is 0 Å². The highest BCUT2D eigenvalue weighted by Crippen LogP contribution is 2.56. The van der Waals surface area contributed by atoms with Gasteiger partial charge in [0.2, 0.25) is 0 Å². The highest BCUT2D eigenvalue weighted by molar-refractivity contribution is 7.95. The Labute approximate surface area is 276 Å². The summed E-state index contributed by atoms with van der Waals surface area (Å²) in [5, 5.41) is 3.94. The van der Waals surface area contributed by atoms with Crippen molar-refractivity contribution in [1.29, 1.82) is 0 Å². The molecular formula is C41H50O4P+. The quantitative estimate of drug-likeness (QED) is 0.0319. The number of rotatable bonds is 20. The van der Waals surface area contributed by atoms with Gasteiger partial charge in [0.1, 0.15) is 23.2 Å². The molecule has 0 heterocycles. The lowest BCUT2D eigenvalue weighted by molar-refractivity contribution is -0.134. The molecule has 0 fully saturated rings. The third-order valence-electron chi connectivity index (χ3n) is 8.68. The van der Waals surface area contributed by atoms with E-state index in [1.165, 1.54) is 54.4 Å². The molecule has 4 rings (SSSR count). The molecule has 0 aliphatic carbocycles. The fraction of sp³-hybridized carbons (Fsp3) is 0.366. The molecule has 0 saturated carbocycles. The van der Waals surface area contributed by atoms with E-state index in [4.69, 9.17) is 9.47 Å². The number of Topliss-reactive ketones (excluding diaryl/α,β-unsaturated/α-hetero) is 1. The van der Waals surface area contributed by atoms with Crippen LogP contribution in [0.3, 0.4) is 0 Å². The van der Waals surface area contributed by atoms with Gasteiger partial charge in [-0.2, -0.15) is 0 Å². The normalized spacial score (nSPS) is 11.3. The Kier molecular flexibility index (Phi) is 14.5. The summed E-state index contributed by atoms with van der Waals surface area (Å²) in [4.78, 5) is 26.0. The van der Waals surface area contributed by atoms with Gasteiger partial charge in [-0.05, 0) is 67.4 Å². The highest BCUT2D eigenvalue weighted by atomic mass is 31.2. The average Bonchev–Trinajstić information content (AvgIpc) is 3.10. The first kappa shape index (κ1) is 35.1. The van der Waals surface area contributed by atoms with Gasteiger partial charge in [-0.25, -0.2) is 0 Å². The van der Waals surface area contributed by atoms with Crippen molar-refractivity contribution in [3.63, 3.8) is 0 Å². The summed E-state index contributed by atoms with van der Waals surface area (Å²) in [5.74, 6) is 0.564. The number of hydrogen-bond donors (Lipinski definition) is 0. The smallest absolute Gasteiger partial charge is 0.311 e. The van der Waals surface area contributed by atoms with E-state index in [0.29, 0.717) is 29.9 Å². The first-order valence-electron chi connectivity index (χ1n) is 17.1. The van der Waals surface area contributed by atoms with Crippen LogP contribution in [0, 0.1) is 0 Å². The molecule has 0 aliphatic heterocycles. The van der Waals surface area contributed by atoms with Crippen molar-refractivity contribution in [2.45, 2.75) is 84.0 Å². The highest BCUT2D eigenvalue weighted by Gasteiger charge is 2.44. The molecule has 46 heavy (non-hydrogen) atoms. The SMILES string of the molecule is CCCCCCCCCCCC(=O)Oc1ccc(C(=O)CCC[P+](c2ccccc2)(c2ccccc2)c2ccccc2)cc1OC. The van der Waals surface area contributed by atoms with Crippen LogP contribution in [0.4, 0.5) is 0 Å². The summed E-state index contributed by atoms with van der Waals surface area (Å²) in [6.45, 7) is 2.24. The van der Waals surface area contributed by atoms with E-state index >= 15 is 0 Å². The van der Waals surface area contributed by atoms with Crippen LogP contribution in [-0.4, -0.2) is 25.0 Å². The summed E-state index contributed by atoms with van der Waals surface area (Å²) in [6.07, 6.45) is 13.2. The topological polar surface area (TPSA) is 52.6 Å². The fourth-order valence-corrected chi connectivity index (χ4v) is 10.5. The second-order valence-corrected chi connectivity index (χ2v) is 15.6. The van der Waals surface area contributed by atoms with E-state index < -0.39 is 7.26 Å². The Balaban J connectivity index is 1.37. The number of hydrogen-bond acceptors (Lipinski definition) is 4. The van der Waals surface area contributed by atoms with Crippen LogP contribution in [0.2, 0.25) is 0 Å². The van der Waals surface area contributed by atoms with Gasteiger partial charge in [0, 0.05) is 18.4 Å². The molecule has 0 aromatic heterocycles. The molecule has 4 aromatic rings. The molecule has 0 amide bonds. The van der Waals surface area contributed by atoms with Gasteiger partial charge in [0.15, 0.2) is 17.3 Å². The van der Waals surface area contributed by atoms with Crippen molar-refractivity contribution in [3.8, 4) is 11.5 Å². The maximum Gasteiger partial charge on any atom is 0.311 e. The molecule has 242 valence electrons. The van der Waals surface area contributed by atoms with Crippen LogP contribution in [-0.2, 0) is 4.79 Å². The van der Waals surface area contributed by atoms with Crippen molar-refractivity contribution in [1.82, 2.24) is 0 Å². The van der Waals surface area contributed by atoms with Crippen LogP contribution in [0.1, 0.15) is 94.3 Å². The van der Waals surface area contributed by atoms with Crippen LogP contribution in [0.25, 0.3) is 0 Å². The van der Waals surface area contributed by atoms with E-state index in [-0.39, 0.29) is 11.8 Å². The van der Waals surface area contributed by atoms with E-state index in [1.807, 2.05) is 0 Å². The third kappa shape index (κ3) is 9.87. The van der Waals surface area contributed by atoms with Gasteiger partial charge in [-0.1, -0.05) is 113 Å². The van der Waals surface area contributed by atoms with Gasteiger partial charge < -0.3 is 9.47 Å². The lowest BCUT2D eigenvalue weighted by atomic mass is 10.1. The minimum Gasteiger partial charge on any atom is -0.493 e. The first-order chi connectivity index (χ1) is 22.6. The number of ketones is 1. The molecule has 0 spiro atoms. The van der Waals surface area contributed by atoms with Crippen LogP contribution in [0.5, 0.6) is 11.5 Å². The Hall–Kier alpha value is -3.75. The van der Waals surface area contributed by atoms with Gasteiger partial charge >= 0.3 is 5.97 Å². The predicted octanol–water partition coefficient (Wildman–Crippen LogP) is 9.48. The van der Waals surface area contributed by atoms with E-state index in [1.54, 1.807) is 25.3 Å². The zero-order chi connectivity index (χ0) is 32.5. The van der Waals surface area contributed by atoms with Crippen LogP contribution in [0.15, 0.2) is 109 Å². The molecule has 0 unspecified atom stereocenters. The van der Waals surface area contributed by atoms with Crippen molar-refractivity contribution in [2.24, 2.45) is 0 Å². The van der Waals surface area contributed by atoms with Gasteiger partial charge in [0.25, 0.3) is 0 Å². The summed E-state index contributed by atoms with van der Waals surface area (Å²) in [5.41, 5.74) is 0.568. The molecule has 0 aliphatic rings. The Morgan fingerprint density at radius 2 is 1.07 bits per heavy atom. The average molecular weight is 638 g/mol. The molecular weight excluding hydrogens is 587 g/mol. The molecule has 0 radical (unpaired) electrons. The van der Waals surface area contributed by atoms with Crippen molar-refractivity contribution >= 4 is 34.9 Å². The zero-order valence-electron chi connectivity index (χ0n) is 27.7. The molecule has 0 atom stereocenters. The molecule has 0 saturated heterocycles. The fourth-order valence-electron chi connectivity index (χ4n) is 6.18. The minimum absolute atomic E-state index is 0.0538. The van der Waals surface area contributed by atoms with Crippen LogP contribution < -0.4 is 25.4 Å². The largest absolute Gasteiger partial charge is 0.493 e. The summed E-state index contributed by atoms with van der Waals surface area (Å²) < 4.78 is 11.2. The van der Waals surface area contributed by atoms with Gasteiger partial charge in [0.05, 0.1) is 13.3 Å². The van der Waals surface area contributed by atoms with Crippen LogP contribution >= 0.6 is 7.26 Å². The van der Waals surface area contributed by atoms with Gasteiger partial charge in [-0.3, -0.25) is 9.59 Å². The Bertz CT molecular complexity index is 1370. The molecule has 5 heteroatoms. The second-order valence-electron chi connectivity index (χ2n) is 12.0. The Morgan fingerprint density at radius 1 is 0.565 bits per heavy atom. The predicted molar refractivity (Wildman–Crippen MR) is 194 cm³/mol. The number of carbonyl (C=O) groups excluding carboxylic acids is 2. The maximum atomic E-state index is 13.5. The monoisotopic (exact) mass is 637 g/mol. The minimum atomic E-state index is -2.00. The number of esters is 1. The second kappa shape index (κ2) is 19.0. The summed E-state index contributed by atoms with van der Waals surface area (Å²) >= 11 is 0. The summed E-state index contributed by atoms with van der Waals surface area (Å²) in [7, 11) is -0.455. The molecule has 0 N–H and O–H groups in total. The summed E-state index contributed by atoms with van der Waals surface area (Å²) in [6, 6.07) is 37.4. The van der Waals surface area contributed by atoms with Crippen molar-refractivity contribution in [2.75, 3.05) is 13.3 Å². The molecule has 4 nitrogen and oxygen atoms in total. The van der Waals surface area contributed by atoms with E-state index in [0.717, 1.165) is 31.8 Å². The lowest BCUT2D eigenvalue weighted by Crippen LogP contribution is -2.33. The number of methoxy groups -OCH3 is 1. The van der Waals surface area contributed by atoms with E-state index in [9.17, 15) is 9.59 Å². The third-order valence-corrected chi connectivity index (χ3v) is 13.2. The Morgan fingerprint density at radius 3 is 1.57 bits per heavy atom. The maximum absolute atomic E-state index is 13.5. The molecule has 0 bridgehead atoms. The lowest BCUT2D eigenvalue weighted by Gasteiger charge is -2.27. The van der Waals surface area contributed by atoms with E-state index in [2.05, 4.69) is 97.9 Å². The van der Waals surface area contributed by atoms with Crippen molar-refractivity contribution in [3.05, 3.63) is 115 Å². The number of carbonyl (C=O) groups is 2. The zero-order valence-corrected chi connectivity index (χ0v) is 28.6. The van der Waals surface area contributed by atoms with Crippen molar-refractivity contribution < 1.29 is 19.1 Å². The molecule has 4 aromatic carbocycles. The number of ether oxygens (including phenoxy) is 2. The number of benzene rings is 4.